The van der Waals surface area contributed by atoms with Gasteiger partial charge in [0.05, 0.1) is 0 Å². The molecule has 5 nitrogen and oxygen atoms in total. The third-order valence-corrected chi connectivity index (χ3v) is 3.66. The van der Waals surface area contributed by atoms with Crippen molar-refractivity contribution in [2.24, 2.45) is 0 Å². The highest BCUT2D eigenvalue weighted by Crippen LogP contribution is 2.17. The number of anilines is 1. The van der Waals surface area contributed by atoms with E-state index in [1.54, 1.807) is 36.4 Å². The van der Waals surface area contributed by atoms with Crippen molar-refractivity contribution in [2.75, 3.05) is 11.9 Å². The Hall–Kier alpha value is -3.39. The van der Waals surface area contributed by atoms with Crippen LogP contribution in [0.25, 0.3) is 6.08 Å². The molecular formula is C20H18N2O3. The molecule has 126 valence electrons. The van der Waals surface area contributed by atoms with Gasteiger partial charge in [-0.05, 0) is 42.7 Å². The molecule has 0 aliphatic rings. The fourth-order valence-electron chi connectivity index (χ4n) is 2.13. The highest BCUT2D eigenvalue weighted by molar-refractivity contribution is 6.00. The van der Waals surface area contributed by atoms with Crippen molar-refractivity contribution in [1.82, 2.24) is 0 Å². The summed E-state index contributed by atoms with van der Waals surface area (Å²) in [6.45, 7) is 3.38. The highest BCUT2D eigenvalue weighted by Gasteiger charge is 2.14. The monoisotopic (exact) mass is 334 g/mol. The van der Waals surface area contributed by atoms with Gasteiger partial charge in [-0.1, -0.05) is 42.5 Å². The first kappa shape index (κ1) is 18.0. The van der Waals surface area contributed by atoms with Crippen LogP contribution in [-0.4, -0.2) is 18.5 Å². The van der Waals surface area contributed by atoms with Crippen LogP contribution in [0.4, 0.5) is 5.69 Å². The second kappa shape index (κ2) is 8.46. The Morgan fingerprint density at radius 1 is 1.12 bits per heavy atom. The summed E-state index contributed by atoms with van der Waals surface area (Å²) in [6.07, 6.45) is 1.42. The standard InChI is InChI=1S/C20H18N2O3/c1-14-7-6-10-18(15(14)2)22-19(23)13-25-20(24)17(12-21)11-16-8-4-3-5-9-16/h3-11H,13H2,1-2H3,(H,22,23)/b17-11-. The van der Waals surface area contributed by atoms with Gasteiger partial charge in [-0.15, -0.1) is 0 Å². The number of ether oxygens (including phenoxy) is 1. The van der Waals surface area contributed by atoms with Gasteiger partial charge < -0.3 is 10.1 Å². The maximum absolute atomic E-state index is 12.0. The van der Waals surface area contributed by atoms with E-state index in [0.717, 1.165) is 11.1 Å². The number of carbonyl (C=O) groups excluding carboxylic acids is 2. The Balaban J connectivity index is 1.96. The number of amides is 1. The number of esters is 1. The maximum Gasteiger partial charge on any atom is 0.349 e. The molecule has 2 aromatic rings. The van der Waals surface area contributed by atoms with Gasteiger partial charge in [-0.2, -0.15) is 5.26 Å². The molecule has 0 spiro atoms. The molecule has 0 atom stereocenters. The van der Waals surface area contributed by atoms with Gasteiger partial charge in [-0.25, -0.2) is 4.79 Å². The molecule has 0 heterocycles. The van der Waals surface area contributed by atoms with Crippen LogP contribution < -0.4 is 5.32 Å². The third kappa shape index (κ3) is 5.05. The summed E-state index contributed by atoms with van der Waals surface area (Å²) in [5.41, 5.74) is 3.21. The predicted octanol–water partition coefficient (Wildman–Crippen LogP) is 3.39. The van der Waals surface area contributed by atoms with Crippen molar-refractivity contribution in [3.05, 3.63) is 70.8 Å². The van der Waals surface area contributed by atoms with E-state index in [-0.39, 0.29) is 5.57 Å². The number of nitriles is 1. The van der Waals surface area contributed by atoms with E-state index in [0.29, 0.717) is 11.3 Å². The summed E-state index contributed by atoms with van der Waals surface area (Å²) in [5.74, 6) is -1.29. The third-order valence-electron chi connectivity index (χ3n) is 3.66. The number of aryl methyl sites for hydroxylation is 1. The summed E-state index contributed by atoms with van der Waals surface area (Å²) in [5, 5.41) is 11.8. The molecule has 0 aliphatic carbocycles. The first-order chi connectivity index (χ1) is 12.0. The van der Waals surface area contributed by atoms with Crippen LogP contribution in [0.5, 0.6) is 0 Å². The summed E-state index contributed by atoms with van der Waals surface area (Å²) < 4.78 is 4.93. The zero-order valence-electron chi connectivity index (χ0n) is 14.1. The van der Waals surface area contributed by atoms with Crippen LogP contribution in [0, 0.1) is 25.2 Å². The quantitative estimate of drug-likeness (QED) is 0.516. The van der Waals surface area contributed by atoms with Crippen LogP contribution >= 0.6 is 0 Å². The van der Waals surface area contributed by atoms with Gasteiger partial charge in [0.1, 0.15) is 11.6 Å². The molecule has 0 saturated carbocycles. The molecule has 0 unspecified atom stereocenters. The zero-order chi connectivity index (χ0) is 18.2. The molecule has 0 bridgehead atoms. The predicted molar refractivity (Wildman–Crippen MR) is 95.5 cm³/mol. The largest absolute Gasteiger partial charge is 0.451 e. The van der Waals surface area contributed by atoms with Gasteiger partial charge in [0.2, 0.25) is 0 Å². The van der Waals surface area contributed by atoms with Crippen molar-refractivity contribution >= 4 is 23.6 Å². The lowest BCUT2D eigenvalue weighted by atomic mass is 10.1. The van der Waals surface area contributed by atoms with Crippen LogP contribution in [0.15, 0.2) is 54.1 Å². The Morgan fingerprint density at radius 3 is 2.52 bits per heavy atom. The van der Waals surface area contributed by atoms with Crippen LogP contribution in [-0.2, 0) is 14.3 Å². The lowest BCUT2D eigenvalue weighted by molar-refractivity contribution is -0.142. The number of hydrogen-bond donors (Lipinski definition) is 1. The molecule has 25 heavy (non-hydrogen) atoms. The van der Waals surface area contributed by atoms with Crippen LogP contribution in [0.2, 0.25) is 0 Å². The smallest absolute Gasteiger partial charge is 0.349 e. The molecule has 0 saturated heterocycles. The van der Waals surface area contributed by atoms with Crippen molar-refractivity contribution in [3.8, 4) is 6.07 Å². The zero-order valence-corrected chi connectivity index (χ0v) is 14.1. The maximum atomic E-state index is 12.0. The average Bonchev–Trinajstić information content (AvgIpc) is 2.62. The molecular weight excluding hydrogens is 316 g/mol. The van der Waals surface area contributed by atoms with E-state index in [1.807, 2.05) is 32.0 Å². The van der Waals surface area contributed by atoms with Gasteiger partial charge in [0.25, 0.3) is 5.91 Å². The number of hydrogen-bond acceptors (Lipinski definition) is 4. The average molecular weight is 334 g/mol. The molecule has 5 heteroatoms. The van der Waals surface area contributed by atoms with E-state index in [1.165, 1.54) is 6.08 Å². The second-order valence-electron chi connectivity index (χ2n) is 5.45. The van der Waals surface area contributed by atoms with Crippen molar-refractivity contribution in [1.29, 1.82) is 5.26 Å². The molecule has 2 rings (SSSR count). The highest BCUT2D eigenvalue weighted by atomic mass is 16.5. The van der Waals surface area contributed by atoms with Gasteiger partial charge >= 0.3 is 5.97 Å². The lowest BCUT2D eigenvalue weighted by Crippen LogP contribution is -2.21. The molecule has 1 N–H and O–H groups in total. The number of rotatable bonds is 5. The number of benzene rings is 2. The molecule has 0 aliphatic heterocycles. The van der Waals surface area contributed by atoms with Gasteiger partial charge in [0.15, 0.2) is 6.61 Å². The fraction of sp³-hybridized carbons (Fsp3) is 0.150. The Labute approximate surface area is 146 Å². The van der Waals surface area contributed by atoms with Gasteiger partial charge in [0, 0.05) is 5.69 Å². The minimum Gasteiger partial charge on any atom is -0.451 e. The first-order valence-electron chi connectivity index (χ1n) is 7.71. The Morgan fingerprint density at radius 2 is 1.84 bits per heavy atom. The SMILES string of the molecule is Cc1cccc(NC(=O)COC(=O)/C(C#N)=C\c2ccccc2)c1C. The number of carbonyl (C=O) groups is 2. The summed E-state index contributed by atoms with van der Waals surface area (Å²) in [7, 11) is 0. The second-order valence-corrected chi connectivity index (χ2v) is 5.45. The number of nitrogens with zero attached hydrogens (tertiary/aromatic N) is 1. The summed E-state index contributed by atoms with van der Waals surface area (Å²) in [6, 6.07) is 16.3. The molecule has 2 aromatic carbocycles. The summed E-state index contributed by atoms with van der Waals surface area (Å²) in [4.78, 5) is 23.9. The normalized spacial score (nSPS) is 10.7. The van der Waals surface area contributed by atoms with Crippen molar-refractivity contribution in [2.45, 2.75) is 13.8 Å². The van der Waals surface area contributed by atoms with Gasteiger partial charge in [-0.3, -0.25) is 4.79 Å². The van der Waals surface area contributed by atoms with E-state index in [4.69, 9.17) is 10.00 Å². The Bertz CT molecular complexity index is 849. The van der Waals surface area contributed by atoms with E-state index < -0.39 is 18.5 Å². The van der Waals surface area contributed by atoms with E-state index >= 15 is 0 Å². The fourth-order valence-corrected chi connectivity index (χ4v) is 2.13. The molecule has 0 aromatic heterocycles. The first-order valence-corrected chi connectivity index (χ1v) is 7.71. The molecule has 0 radical (unpaired) electrons. The molecule has 0 fully saturated rings. The van der Waals surface area contributed by atoms with E-state index in [9.17, 15) is 9.59 Å². The van der Waals surface area contributed by atoms with Crippen molar-refractivity contribution < 1.29 is 14.3 Å². The molecule has 1 amide bonds. The lowest BCUT2D eigenvalue weighted by Gasteiger charge is -2.10. The van der Waals surface area contributed by atoms with Crippen LogP contribution in [0.3, 0.4) is 0 Å². The minimum absolute atomic E-state index is 0.161. The number of nitrogens with one attached hydrogen (secondary N) is 1. The van der Waals surface area contributed by atoms with E-state index in [2.05, 4.69) is 5.32 Å². The van der Waals surface area contributed by atoms with Crippen molar-refractivity contribution in [3.63, 3.8) is 0 Å². The minimum atomic E-state index is -0.831. The Kier molecular flexibility index (Phi) is 6.08. The topological polar surface area (TPSA) is 79.2 Å². The summed E-state index contributed by atoms with van der Waals surface area (Å²) >= 11 is 0. The van der Waals surface area contributed by atoms with Crippen LogP contribution in [0.1, 0.15) is 16.7 Å².